The Hall–Kier alpha value is -1.99. The van der Waals surface area contributed by atoms with E-state index in [1.54, 1.807) is 43.3 Å². The molecule has 0 spiro atoms. The average Bonchev–Trinajstić information content (AvgIpc) is 2.50. The summed E-state index contributed by atoms with van der Waals surface area (Å²) >= 11 is 3.25. The molecular weight excluding hydrogens is 385 g/mol. The Morgan fingerprint density at radius 3 is 2.22 bits per heavy atom. The van der Waals surface area contributed by atoms with Crippen molar-refractivity contribution in [3.63, 3.8) is 0 Å². The Morgan fingerprint density at radius 1 is 1.09 bits per heavy atom. The summed E-state index contributed by atoms with van der Waals surface area (Å²) in [4.78, 5) is 11.5. The van der Waals surface area contributed by atoms with Crippen LogP contribution < -0.4 is 5.32 Å². The van der Waals surface area contributed by atoms with Crippen LogP contribution in [0.25, 0.3) is 0 Å². The highest BCUT2D eigenvalue weighted by Crippen LogP contribution is 2.21. The van der Waals surface area contributed by atoms with Crippen LogP contribution in [0.1, 0.15) is 5.56 Å². The Labute approximate surface area is 142 Å². The molecule has 0 aliphatic heterocycles. The third-order valence-corrected chi connectivity index (χ3v) is 5.00. The highest BCUT2D eigenvalue weighted by atomic mass is 79.9. The van der Waals surface area contributed by atoms with E-state index < -0.39 is 20.9 Å². The van der Waals surface area contributed by atoms with Crippen LogP contribution in [0.4, 0.5) is 10.1 Å². The van der Waals surface area contributed by atoms with Gasteiger partial charge in [-0.25, -0.2) is 8.42 Å². The minimum Gasteiger partial charge on any atom is -0.322 e. The van der Waals surface area contributed by atoms with Crippen molar-refractivity contribution in [3.05, 3.63) is 69.8 Å². The molecule has 2 rings (SSSR count). The van der Waals surface area contributed by atoms with Crippen LogP contribution in [-0.4, -0.2) is 14.3 Å². The third-order valence-electron chi connectivity index (χ3n) is 2.94. The van der Waals surface area contributed by atoms with Gasteiger partial charge in [0.05, 0.1) is 11.0 Å². The molecule has 2 aromatic carbocycles. The summed E-state index contributed by atoms with van der Waals surface area (Å²) in [5.41, 5.74) is 1.27. The number of amides is 1. The molecule has 7 heteroatoms. The number of hydrogen-bond donors (Lipinski definition) is 1. The van der Waals surface area contributed by atoms with Crippen LogP contribution in [0.5, 0.6) is 0 Å². The van der Waals surface area contributed by atoms with Gasteiger partial charge in [-0.15, -0.1) is 0 Å². The van der Waals surface area contributed by atoms with Gasteiger partial charge < -0.3 is 5.32 Å². The molecule has 0 unspecified atom stereocenters. The van der Waals surface area contributed by atoms with Gasteiger partial charge in [0.15, 0.2) is 0 Å². The molecule has 0 radical (unpaired) electrons. The summed E-state index contributed by atoms with van der Waals surface area (Å²) in [6.45, 7) is 1.79. The minimum absolute atomic E-state index is 0.201. The van der Waals surface area contributed by atoms with Crippen LogP contribution in [0.3, 0.4) is 0 Å². The molecule has 120 valence electrons. The first kappa shape index (κ1) is 17.4. The molecule has 0 aromatic heterocycles. The molecule has 0 aliphatic carbocycles. The quantitative estimate of drug-likeness (QED) is 0.793. The fourth-order valence-electron chi connectivity index (χ4n) is 1.72. The van der Waals surface area contributed by atoms with E-state index in [0.717, 1.165) is 10.0 Å². The second-order valence-corrected chi connectivity index (χ2v) is 7.55. The van der Waals surface area contributed by atoms with Gasteiger partial charge in [-0.05, 0) is 43.3 Å². The van der Waals surface area contributed by atoms with Gasteiger partial charge in [-0.3, -0.25) is 4.79 Å². The zero-order valence-corrected chi connectivity index (χ0v) is 14.5. The molecule has 0 atom stereocenters. The maximum atomic E-state index is 14.0. The summed E-state index contributed by atoms with van der Waals surface area (Å²) in [5, 5.41) is 0.888. The highest BCUT2D eigenvalue weighted by Gasteiger charge is 2.21. The number of nitrogens with one attached hydrogen (secondary N) is 1. The topological polar surface area (TPSA) is 63.2 Å². The van der Waals surface area contributed by atoms with Gasteiger partial charge in [0.2, 0.25) is 15.0 Å². The van der Waals surface area contributed by atoms with Gasteiger partial charge in [0.1, 0.15) is 0 Å². The molecular formula is C16H13BrFNO3S. The summed E-state index contributed by atoms with van der Waals surface area (Å²) < 4.78 is 38.9. The van der Waals surface area contributed by atoms with Crippen molar-refractivity contribution in [2.75, 3.05) is 5.32 Å². The zero-order chi connectivity index (χ0) is 17.0. The molecule has 0 fully saturated rings. The number of rotatable bonds is 4. The maximum Gasteiger partial charge on any atom is 0.252 e. The van der Waals surface area contributed by atoms with Crippen molar-refractivity contribution in [1.82, 2.24) is 0 Å². The molecule has 0 aliphatic rings. The van der Waals surface area contributed by atoms with Gasteiger partial charge in [-0.1, -0.05) is 33.6 Å². The normalized spacial score (nSPS) is 12.0. The minimum atomic E-state index is -4.32. The molecule has 23 heavy (non-hydrogen) atoms. The van der Waals surface area contributed by atoms with Gasteiger partial charge in [0.25, 0.3) is 5.91 Å². The number of sulfone groups is 1. The van der Waals surface area contributed by atoms with Crippen LogP contribution >= 0.6 is 15.9 Å². The lowest BCUT2D eigenvalue weighted by Gasteiger charge is -2.04. The number of hydrogen-bond acceptors (Lipinski definition) is 3. The standard InChI is InChI=1S/C16H13BrFNO3S/c1-11-2-8-14(9-3-11)23(21,22)15(18)10-16(20)19-13-6-4-12(17)5-7-13/h2-10H,1H3,(H,19,20). The Balaban J connectivity index is 2.18. The lowest BCUT2D eigenvalue weighted by atomic mass is 10.2. The fraction of sp³-hybridized carbons (Fsp3) is 0.0625. The van der Waals surface area contributed by atoms with Crippen molar-refractivity contribution >= 4 is 37.4 Å². The Morgan fingerprint density at radius 2 is 1.65 bits per heavy atom. The molecule has 2 aromatic rings. The summed E-state index contributed by atoms with van der Waals surface area (Å²) in [6.07, 6.45) is 0.428. The predicted octanol–water partition coefficient (Wildman–Crippen LogP) is 3.98. The molecule has 1 amide bonds. The van der Waals surface area contributed by atoms with Gasteiger partial charge >= 0.3 is 0 Å². The van der Waals surface area contributed by atoms with E-state index >= 15 is 0 Å². The van der Waals surface area contributed by atoms with Gasteiger partial charge in [0, 0.05) is 10.2 Å². The third kappa shape index (κ3) is 4.49. The van der Waals surface area contributed by atoms with Crippen molar-refractivity contribution in [3.8, 4) is 0 Å². The number of halogens is 2. The number of anilines is 1. The first-order valence-corrected chi connectivity index (χ1v) is 8.82. The molecule has 0 saturated heterocycles. The average molecular weight is 398 g/mol. The van der Waals surface area contributed by atoms with Crippen molar-refractivity contribution in [2.24, 2.45) is 0 Å². The van der Waals surface area contributed by atoms with E-state index in [1.165, 1.54) is 12.1 Å². The van der Waals surface area contributed by atoms with E-state index in [2.05, 4.69) is 21.2 Å². The second-order valence-electron chi connectivity index (χ2n) is 4.76. The van der Waals surface area contributed by atoms with Gasteiger partial charge in [-0.2, -0.15) is 4.39 Å². The maximum absolute atomic E-state index is 14.0. The van der Waals surface area contributed by atoms with E-state index in [-0.39, 0.29) is 4.90 Å². The highest BCUT2D eigenvalue weighted by molar-refractivity contribution is 9.10. The van der Waals surface area contributed by atoms with Crippen LogP contribution in [-0.2, 0) is 14.6 Å². The second kappa shape index (κ2) is 7.06. The summed E-state index contributed by atoms with van der Waals surface area (Å²) in [7, 11) is -4.32. The number of aryl methyl sites for hydroxylation is 1. The van der Waals surface area contributed by atoms with E-state index in [1.807, 2.05) is 0 Å². The van der Waals surface area contributed by atoms with Crippen molar-refractivity contribution < 1.29 is 17.6 Å². The van der Waals surface area contributed by atoms with E-state index in [4.69, 9.17) is 0 Å². The smallest absolute Gasteiger partial charge is 0.252 e. The first-order valence-electron chi connectivity index (χ1n) is 6.54. The number of carbonyl (C=O) groups is 1. The molecule has 0 saturated carbocycles. The first-order chi connectivity index (χ1) is 10.8. The van der Waals surface area contributed by atoms with Crippen LogP contribution in [0.2, 0.25) is 0 Å². The van der Waals surface area contributed by atoms with Crippen molar-refractivity contribution in [2.45, 2.75) is 11.8 Å². The largest absolute Gasteiger partial charge is 0.322 e. The lowest BCUT2D eigenvalue weighted by molar-refractivity contribution is -0.112. The lowest BCUT2D eigenvalue weighted by Crippen LogP contribution is -2.11. The Kier molecular flexibility index (Phi) is 5.33. The molecule has 1 N–H and O–H groups in total. The fourth-order valence-corrected chi connectivity index (χ4v) is 2.97. The molecule has 0 bridgehead atoms. The van der Waals surface area contributed by atoms with E-state index in [9.17, 15) is 17.6 Å². The Bertz CT molecular complexity index is 844. The zero-order valence-electron chi connectivity index (χ0n) is 12.1. The monoisotopic (exact) mass is 397 g/mol. The SMILES string of the molecule is Cc1ccc(S(=O)(=O)C(F)=CC(=O)Nc2ccc(Br)cc2)cc1. The molecule has 0 heterocycles. The van der Waals surface area contributed by atoms with Crippen molar-refractivity contribution in [1.29, 1.82) is 0 Å². The number of carbonyl (C=O) groups excluding carboxylic acids is 1. The summed E-state index contributed by atoms with van der Waals surface area (Å²) in [6, 6.07) is 12.3. The predicted molar refractivity (Wildman–Crippen MR) is 90.3 cm³/mol. The number of benzene rings is 2. The van der Waals surface area contributed by atoms with Crippen LogP contribution in [0, 0.1) is 6.92 Å². The van der Waals surface area contributed by atoms with E-state index in [0.29, 0.717) is 11.8 Å². The van der Waals surface area contributed by atoms with Crippen LogP contribution in [0.15, 0.2) is 69.1 Å². The summed E-state index contributed by atoms with van der Waals surface area (Å²) in [5.74, 6) is -0.861. The molecule has 4 nitrogen and oxygen atoms in total.